The molecule has 1 saturated carbocycles. The first-order chi connectivity index (χ1) is 15.1. The SMILES string of the molecule is C=C(c1ncc(-c2ccc(-c3ccnc(OC)c3)cc2O)nn1)C1CC2CNCC2C1. The molecule has 2 atom stereocenters. The van der Waals surface area contributed by atoms with Gasteiger partial charge in [-0.1, -0.05) is 12.6 Å². The fourth-order valence-corrected chi connectivity index (χ4v) is 4.81. The number of hydrogen-bond acceptors (Lipinski definition) is 7. The van der Waals surface area contributed by atoms with Gasteiger partial charge in [0.25, 0.3) is 0 Å². The summed E-state index contributed by atoms with van der Waals surface area (Å²) >= 11 is 0. The van der Waals surface area contributed by atoms with E-state index in [2.05, 4.69) is 32.1 Å². The summed E-state index contributed by atoms with van der Waals surface area (Å²) in [5.41, 5.74) is 3.85. The van der Waals surface area contributed by atoms with Crippen LogP contribution < -0.4 is 10.1 Å². The van der Waals surface area contributed by atoms with Crippen LogP contribution in [-0.2, 0) is 0 Å². The highest BCUT2D eigenvalue weighted by Gasteiger charge is 2.38. The van der Waals surface area contributed by atoms with Crippen LogP contribution in [0.2, 0.25) is 0 Å². The molecule has 158 valence electrons. The van der Waals surface area contributed by atoms with Gasteiger partial charge in [-0.2, -0.15) is 0 Å². The number of rotatable bonds is 5. The largest absolute Gasteiger partial charge is 0.507 e. The normalized spacial score (nSPS) is 22.3. The third-order valence-electron chi connectivity index (χ3n) is 6.55. The van der Waals surface area contributed by atoms with Crippen molar-refractivity contribution in [3.8, 4) is 34.0 Å². The fraction of sp³-hybridized carbons (Fsp3) is 0.333. The number of pyridine rings is 1. The van der Waals surface area contributed by atoms with Crippen LogP contribution in [0.1, 0.15) is 18.7 Å². The summed E-state index contributed by atoms with van der Waals surface area (Å²) < 4.78 is 5.18. The first kappa shape index (κ1) is 19.6. The Kier molecular flexibility index (Phi) is 5.11. The lowest BCUT2D eigenvalue weighted by atomic mass is 9.96. The van der Waals surface area contributed by atoms with E-state index in [4.69, 9.17) is 4.74 Å². The van der Waals surface area contributed by atoms with Crippen molar-refractivity contribution in [2.75, 3.05) is 20.2 Å². The number of methoxy groups -OCH3 is 1. The Balaban J connectivity index is 1.34. The maximum atomic E-state index is 10.6. The van der Waals surface area contributed by atoms with Gasteiger partial charge in [0, 0.05) is 17.8 Å². The van der Waals surface area contributed by atoms with Crippen molar-refractivity contribution in [1.82, 2.24) is 25.5 Å². The zero-order valence-corrected chi connectivity index (χ0v) is 17.5. The monoisotopic (exact) mass is 415 g/mol. The number of nitrogens with zero attached hydrogens (tertiary/aromatic N) is 4. The zero-order chi connectivity index (χ0) is 21.4. The number of aromatic nitrogens is 4. The van der Waals surface area contributed by atoms with E-state index in [1.54, 1.807) is 25.6 Å². The van der Waals surface area contributed by atoms with Crippen LogP contribution >= 0.6 is 0 Å². The molecule has 2 aliphatic rings. The number of allylic oxidation sites excluding steroid dienone is 1. The predicted octanol–water partition coefficient (Wildman–Crippen LogP) is 3.57. The second-order valence-electron chi connectivity index (χ2n) is 8.36. The zero-order valence-electron chi connectivity index (χ0n) is 17.5. The van der Waals surface area contributed by atoms with E-state index in [1.165, 1.54) is 0 Å². The molecule has 31 heavy (non-hydrogen) atoms. The molecule has 2 unspecified atom stereocenters. The van der Waals surface area contributed by atoms with Gasteiger partial charge >= 0.3 is 0 Å². The van der Waals surface area contributed by atoms with Gasteiger partial charge < -0.3 is 15.2 Å². The molecule has 1 aliphatic carbocycles. The average molecular weight is 415 g/mol. The minimum atomic E-state index is 0.118. The number of phenolic OH excluding ortho intramolecular Hbond substituents is 1. The maximum absolute atomic E-state index is 10.6. The van der Waals surface area contributed by atoms with Crippen LogP contribution in [0.5, 0.6) is 11.6 Å². The Bertz CT molecular complexity index is 1100. The standard InChI is InChI=1S/C24H25N5O2/c1-14(17-7-18-11-25-12-19(18)8-17)24-27-13-21(28-29-24)20-4-3-15(9-22(20)30)16-5-6-26-23(10-16)31-2/h3-6,9-10,13,17-19,25,30H,1,7-8,11-12H2,2H3. The molecule has 2 fully saturated rings. The van der Waals surface area contributed by atoms with E-state index in [9.17, 15) is 5.11 Å². The van der Waals surface area contributed by atoms with E-state index >= 15 is 0 Å². The van der Waals surface area contributed by atoms with Crippen molar-refractivity contribution in [2.24, 2.45) is 17.8 Å². The van der Waals surface area contributed by atoms with Gasteiger partial charge in [-0.25, -0.2) is 9.97 Å². The van der Waals surface area contributed by atoms with Gasteiger partial charge in [0.15, 0.2) is 5.82 Å². The lowest BCUT2D eigenvalue weighted by Gasteiger charge is -2.13. The summed E-state index contributed by atoms with van der Waals surface area (Å²) in [6.45, 7) is 6.47. The van der Waals surface area contributed by atoms with Crippen molar-refractivity contribution >= 4 is 5.57 Å². The highest BCUT2D eigenvalue weighted by Crippen LogP contribution is 2.43. The van der Waals surface area contributed by atoms with Crippen molar-refractivity contribution in [3.05, 3.63) is 55.1 Å². The van der Waals surface area contributed by atoms with Crippen LogP contribution in [0, 0.1) is 17.8 Å². The van der Waals surface area contributed by atoms with E-state index in [0.717, 1.165) is 54.5 Å². The van der Waals surface area contributed by atoms with Crippen molar-refractivity contribution in [2.45, 2.75) is 12.8 Å². The lowest BCUT2D eigenvalue weighted by molar-refractivity contribution is 0.398. The molecule has 5 rings (SSSR count). The molecule has 0 radical (unpaired) electrons. The van der Waals surface area contributed by atoms with Gasteiger partial charge in [0.1, 0.15) is 11.4 Å². The van der Waals surface area contributed by atoms with Crippen LogP contribution in [0.4, 0.5) is 0 Å². The number of aromatic hydroxyl groups is 1. The Morgan fingerprint density at radius 1 is 1.06 bits per heavy atom. The van der Waals surface area contributed by atoms with E-state index < -0.39 is 0 Å². The minimum Gasteiger partial charge on any atom is -0.507 e. The van der Waals surface area contributed by atoms with Gasteiger partial charge in [-0.15, -0.1) is 10.2 Å². The minimum absolute atomic E-state index is 0.118. The van der Waals surface area contributed by atoms with Crippen molar-refractivity contribution < 1.29 is 9.84 Å². The van der Waals surface area contributed by atoms with Crippen molar-refractivity contribution in [1.29, 1.82) is 0 Å². The Morgan fingerprint density at radius 2 is 1.84 bits per heavy atom. The number of nitrogens with one attached hydrogen (secondary N) is 1. The Morgan fingerprint density at radius 3 is 2.52 bits per heavy atom. The number of benzene rings is 1. The quantitative estimate of drug-likeness (QED) is 0.658. The molecule has 1 aliphatic heterocycles. The number of hydrogen-bond donors (Lipinski definition) is 2. The third kappa shape index (κ3) is 3.77. The Labute approximate surface area is 181 Å². The molecule has 1 saturated heterocycles. The summed E-state index contributed by atoms with van der Waals surface area (Å²) in [7, 11) is 1.58. The third-order valence-corrected chi connectivity index (χ3v) is 6.55. The maximum Gasteiger partial charge on any atom is 0.213 e. The fourth-order valence-electron chi connectivity index (χ4n) is 4.81. The summed E-state index contributed by atoms with van der Waals surface area (Å²) in [5.74, 6) is 3.15. The smallest absolute Gasteiger partial charge is 0.213 e. The van der Waals surface area contributed by atoms with Crippen LogP contribution in [0.15, 0.2) is 49.3 Å². The van der Waals surface area contributed by atoms with Gasteiger partial charge in [-0.05, 0) is 78.6 Å². The molecule has 0 amide bonds. The summed E-state index contributed by atoms with van der Waals surface area (Å²) in [6.07, 6.45) is 5.62. The van der Waals surface area contributed by atoms with E-state index in [0.29, 0.717) is 28.9 Å². The molecule has 7 heteroatoms. The molecule has 7 nitrogen and oxygen atoms in total. The van der Waals surface area contributed by atoms with E-state index in [1.807, 2.05) is 24.3 Å². The molecule has 2 N–H and O–H groups in total. The molecule has 1 aromatic carbocycles. The highest BCUT2D eigenvalue weighted by atomic mass is 16.5. The molecule has 3 heterocycles. The molecule has 0 bridgehead atoms. The Hall–Kier alpha value is -3.32. The van der Waals surface area contributed by atoms with E-state index in [-0.39, 0.29) is 5.75 Å². The molecule has 2 aromatic heterocycles. The second-order valence-corrected chi connectivity index (χ2v) is 8.36. The van der Waals surface area contributed by atoms with Crippen molar-refractivity contribution in [3.63, 3.8) is 0 Å². The molecular weight excluding hydrogens is 390 g/mol. The first-order valence-electron chi connectivity index (χ1n) is 10.6. The van der Waals surface area contributed by atoms with Gasteiger partial charge in [0.2, 0.25) is 5.88 Å². The van der Waals surface area contributed by atoms with Crippen LogP contribution in [-0.4, -0.2) is 45.5 Å². The lowest BCUT2D eigenvalue weighted by Crippen LogP contribution is -2.13. The number of fused-ring (bicyclic) bond motifs is 1. The highest BCUT2D eigenvalue weighted by molar-refractivity contribution is 5.74. The second kappa shape index (κ2) is 8.07. The first-order valence-corrected chi connectivity index (χ1v) is 10.6. The summed E-state index contributed by atoms with van der Waals surface area (Å²) in [4.78, 5) is 8.63. The molecule has 0 spiro atoms. The van der Waals surface area contributed by atoms with Crippen LogP contribution in [0.25, 0.3) is 28.0 Å². The van der Waals surface area contributed by atoms with Gasteiger partial charge in [-0.3, -0.25) is 0 Å². The number of ether oxygens (including phenoxy) is 1. The van der Waals surface area contributed by atoms with Crippen LogP contribution in [0.3, 0.4) is 0 Å². The predicted molar refractivity (Wildman–Crippen MR) is 118 cm³/mol. The average Bonchev–Trinajstić information content (AvgIpc) is 3.41. The number of phenols is 1. The summed E-state index contributed by atoms with van der Waals surface area (Å²) in [5, 5.41) is 22.7. The topological polar surface area (TPSA) is 93.1 Å². The molecular formula is C24H25N5O2. The van der Waals surface area contributed by atoms with Gasteiger partial charge in [0.05, 0.1) is 13.3 Å². The summed E-state index contributed by atoms with van der Waals surface area (Å²) in [6, 6.07) is 9.13. The molecule has 3 aromatic rings.